The van der Waals surface area contributed by atoms with E-state index < -0.39 is 0 Å². The molecule has 11 heavy (non-hydrogen) atoms. The third-order valence-corrected chi connectivity index (χ3v) is 1.53. The molecule has 0 radical (unpaired) electrons. The maximum atomic E-state index is 9.09. The minimum Gasteiger partial charge on any atom is -0.508 e. The summed E-state index contributed by atoms with van der Waals surface area (Å²) in [5.74, 6) is 0.264. The molecular weight excluding hydrogens is 138 g/mol. The van der Waals surface area contributed by atoms with E-state index in [9.17, 15) is 0 Å². The first-order valence-corrected chi connectivity index (χ1v) is 3.41. The topological polar surface area (TPSA) is 32.3 Å². The maximum Gasteiger partial charge on any atom is 0.117 e. The van der Waals surface area contributed by atoms with E-state index in [1.807, 2.05) is 13.1 Å². The summed E-state index contributed by atoms with van der Waals surface area (Å²) in [7, 11) is 1.81. The van der Waals surface area contributed by atoms with Crippen LogP contribution in [0.1, 0.15) is 5.56 Å². The van der Waals surface area contributed by atoms with Gasteiger partial charge in [0, 0.05) is 18.8 Å². The van der Waals surface area contributed by atoms with Gasteiger partial charge in [-0.15, -0.1) is 0 Å². The van der Waals surface area contributed by atoms with Crippen LogP contribution in [0.2, 0.25) is 0 Å². The number of hydrogen-bond acceptors (Lipinski definition) is 2. The van der Waals surface area contributed by atoms with Crippen molar-refractivity contribution >= 4 is 11.8 Å². The molecule has 0 saturated heterocycles. The van der Waals surface area contributed by atoms with E-state index in [4.69, 9.17) is 5.11 Å². The lowest BCUT2D eigenvalue weighted by atomic mass is 10.1. The van der Waals surface area contributed by atoms with Crippen molar-refractivity contribution in [1.82, 2.24) is 0 Å². The Balaban J connectivity index is 3.16. The van der Waals surface area contributed by atoms with Crippen molar-refractivity contribution in [2.24, 2.45) is 0 Å². The molecule has 2 nitrogen and oxygen atoms in total. The zero-order valence-corrected chi connectivity index (χ0v) is 6.46. The van der Waals surface area contributed by atoms with E-state index in [1.54, 1.807) is 18.2 Å². The van der Waals surface area contributed by atoms with Gasteiger partial charge < -0.3 is 10.4 Å². The molecule has 0 heterocycles. The first kappa shape index (κ1) is 7.66. The quantitative estimate of drug-likeness (QED) is 0.674. The van der Waals surface area contributed by atoms with Gasteiger partial charge in [-0.2, -0.15) is 0 Å². The summed E-state index contributed by atoms with van der Waals surface area (Å²) in [4.78, 5) is 0. The normalized spacial score (nSPS) is 9.18. The average molecular weight is 149 g/mol. The molecule has 0 aliphatic carbocycles. The van der Waals surface area contributed by atoms with E-state index in [0.29, 0.717) is 0 Å². The number of phenols is 1. The molecule has 0 aliphatic heterocycles. The van der Waals surface area contributed by atoms with E-state index in [-0.39, 0.29) is 5.75 Å². The summed E-state index contributed by atoms with van der Waals surface area (Å²) in [5.41, 5.74) is 1.88. The van der Waals surface area contributed by atoms with Crippen molar-refractivity contribution in [1.29, 1.82) is 0 Å². The van der Waals surface area contributed by atoms with Crippen LogP contribution in [0.15, 0.2) is 24.8 Å². The van der Waals surface area contributed by atoms with Crippen molar-refractivity contribution in [3.8, 4) is 5.75 Å². The summed E-state index contributed by atoms with van der Waals surface area (Å²) in [5, 5.41) is 12.0. The SMILES string of the molecule is C=Cc1ccc(O)cc1NC. The molecular formula is C9H11NO. The molecule has 2 heteroatoms. The third-order valence-electron chi connectivity index (χ3n) is 1.53. The van der Waals surface area contributed by atoms with E-state index >= 15 is 0 Å². The molecule has 1 rings (SSSR count). The van der Waals surface area contributed by atoms with Crippen LogP contribution in [0.4, 0.5) is 5.69 Å². The molecule has 0 aliphatic rings. The highest BCUT2D eigenvalue weighted by molar-refractivity contribution is 5.67. The third kappa shape index (κ3) is 1.52. The fraction of sp³-hybridized carbons (Fsp3) is 0.111. The molecule has 0 saturated carbocycles. The molecule has 0 bridgehead atoms. The summed E-state index contributed by atoms with van der Waals surface area (Å²) >= 11 is 0. The van der Waals surface area contributed by atoms with Crippen LogP contribution in [-0.4, -0.2) is 12.2 Å². The largest absolute Gasteiger partial charge is 0.508 e. The molecule has 0 atom stereocenters. The second-order valence-corrected chi connectivity index (χ2v) is 2.23. The molecule has 0 amide bonds. The highest BCUT2D eigenvalue weighted by Gasteiger charge is 1.96. The number of phenolic OH excluding ortho intramolecular Hbond substituents is 1. The summed E-state index contributed by atoms with van der Waals surface area (Å²) in [6, 6.07) is 5.11. The Bertz CT molecular complexity index is 268. The number of nitrogens with one attached hydrogen (secondary N) is 1. The van der Waals surface area contributed by atoms with E-state index in [0.717, 1.165) is 11.3 Å². The number of benzene rings is 1. The molecule has 2 N–H and O–H groups in total. The predicted octanol–water partition coefficient (Wildman–Crippen LogP) is 2.08. The monoisotopic (exact) mass is 149 g/mol. The predicted molar refractivity (Wildman–Crippen MR) is 47.7 cm³/mol. The van der Waals surface area contributed by atoms with Crippen LogP contribution in [0, 0.1) is 0 Å². The van der Waals surface area contributed by atoms with Crippen LogP contribution >= 0.6 is 0 Å². The van der Waals surface area contributed by atoms with Gasteiger partial charge in [-0.05, 0) is 17.7 Å². The number of aromatic hydroxyl groups is 1. The van der Waals surface area contributed by atoms with Gasteiger partial charge in [-0.1, -0.05) is 12.7 Å². The first-order chi connectivity index (χ1) is 5.27. The zero-order chi connectivity index (χ0) is 8.27. The Labute approximate surface area is 66.2 Å². The Morgan fingerprint density at radius 3 is 2.82 bits per heavy atom. The smallest absolute Gasteiger partial charge is 0.117 e. The fourth-order valence-corrected chi connectivity index (χ4v) is 0.939. The molecule has 0 fully saturated rings. The van der Waals surface area contributed by atoms with Gasteiger partial charge in [-0.25, -0.2) is 0 Å². The lowest BCUT2D eigenvalue weighted by molar-refractivity contribution is 0.475. The van der Waals surface area contributed by atoms with Gasteiger partial charge in [0.1, 0.15) is 5.75 Å². The summed E-state index contributed by atoms with van der Waals surface area (Å²) in [6.45, 7) is 3.65. The van der Waals surface area contributed by atoms with Crippen molar-refractivity contribution < 1.29 is 5.11 Å². The standard InChI is InChI=1S/C9H11NO/c1-3-7-4-5-8(11)6-9(7)10-2/h3-6,10-11H,1H2,2H3. The second kappa shape index (κ2) is 3.10. The first-order valence-electron chi connectivity index (χ1n) is 3.41. The molecule has 1 aromatic carbocycles. The average Bonchev–Trinajstić information content (AvgIpc) is 2.04. The second-order valence-electron chi connectivity index (χ2n) is 2.23. The fourth-order valence-electron chi connectivity index (χ4n) is 0.939. The van der Waals surface area contributed by atoms with Crippen molar-refractivity contribution in [3.05, 3.63) is 30.3 Å². The van der Waals surface area contributed by atoms with Crippen molar-refractivity contribution in [2.45, 2.75) is 0 Å². The van der Waals surface area contributed by atoms with Crippen molar-refractivity contribution in [3.63, 3.8) is 0 Å². The van der Waals surface area contributed by atoms with Crippen molar-refractivity contribution in [2.75, 3.05) is 12.4 Å². The van der Waals surface area contributed by atoms with Gasteiger partial charge in [0.2, 0.25) is 0 Å². The van der Waals surface area contributed by atoms with Crippen LogP contribution < -0.4 is 5.32 Å². The van der Waals surface area contributed by atoms with Crippen LogP contribution in [0.5, 0.6) is 5.75 Å². The number of hydrogen-bond donors (Lipinski definition) is 2. The molecule has 1 aromatic rings. The Kier molecular flexibility index (Phi) is 2.16. The highest BCUT2D eigenvalue weighted by atomic mass is 16.3. The minimum absolute atomic E-state index is 0.264. The molecule has 0 unspecified atom stereocenters. The maximum absolute atomic E-state index is 9.09. The van der Waals surface area contributed by atoms with Gasteiger partial charge in [-0.3, -0.25) is 0 Å². The highest BCUT2D eigenvalue weighted by Crippen LogP contribution is 2.21. The summed E-state index contributed by atoms with van der Waals surface area (Å²) < 4.78 is 0. The Morgan fingerprint density at radius 2 is 2.27 bits per heavy atom. The van der Waals surface area contributed by atoms with Gasteiger partial charge in [0.05, 0.1) is 0 Å². The van der Waals surface area contributed by atoms with Gasteiger partial charge >= 0.3 is 0 Å². The van der Waals surface area contributed by atoms with Gasteiger partial charge in [0.25, 0.3) is 0 Å². The zero-order valence-electron chi connectivity index (χ0n) is 6.46. The number of rotatable bonds is 2. The lowest BCUT2D eigenvalue weighted by Gasteiger charge is -2.04. The van der Waals surface area contributed by atoms with Gasteiger partial charge in [0.15, 0.2) is 0 Å². The lowest BCUT2D eigenvalue weighted by Crippen LogP contribution is -1.90. The van der Waals surface area contributed by atoms with Crippen LogP contribution in [-0.2, 0) is 0 Å². The van der Waals surface area contributed by atoms with E-state index in [2.05, 4.69) is 11.9 Å². The molecule has 0 aromatic heterocycles. The Hall–Kier alpha value is -1.44. The minimum atomic E-state index is 0.264. The van der Waals surface area contributed by atoms with Crippen LogP contribution in [0.25, 0.3) is 6.08 Å². The Morgan fingerprint density at radius 1 is 1.55 bits per heavy atom. The number of anilines is 1. The molecule has 58 valence electrons. The van der Waals surface area contributed by atoms with E-state index in [1.165, 1.54) is 0 Å². The summed E-state index contributed by atoms with van der Waals surface area (Å²) in [6.07, 6.45) is 1.74. The van der Waals surface area contributed by atoms with Crippen LogP contribution in [0.3, 0.4) is 0 Å². The molecule has 0 spiro atoms.